The van der Waals surface area contributed by atoms with Crippen molar-refractivity contribution in [2.24, 2.45) is 11.8 Å². The van der Waals surface area contributed by atoms with Crippen molar-refractivity contribution in [2.45, 2.75) is 32.3 Å². The molecule has 0 unspecified atom stereocenters. The van der Waals surface area contributed by atoms with Crippen molar-refractivity contribution < 1.29 is 27.9 Å². The molecule has 0 N–H and O–H groups in total. The van der Waals surface area contributed by atoms with Crippen LogP contribution in [0.15, 0.2) is 24.3 Å². The number of hydrogen-bond donors (Lipinski definition) is 0. The van der Waals surface area contributed by atoms with Crippen LogP contribution in [0.5, 0.6) is 5.75 Å². The van der Waals surface area contributed by atoms with Crippen LogP contribution < -0.4 is 4.74 Å². The minimum absolute atomic E-state index is 0.0760. The fraction of sp³-hybridized carbons (Fsp3) is 0.591. The molecule has 7 nitrogen and oxygen atoms in total. The van der Waals surface area contributed by atoms with E-state index in [4.69, 9.17) is 0 Å². The summed E-state index contributed by atoms with van der Waals surface area (Å²) in [6.45, 7) is -0.252. The molecule has 2 heterocycles. The Balaban J connectivity index is 1.28. The van der Waals surface area contributed by atoms with Crippen LogP contribution in [0.3, 0.4) is 0 Å². The van der Waals surface area contributed by atoms with Gasteiger partial charge in [0.2, 0.25) is 11.8 Å². The highest BCUT2D eigenvalue weighted by molar-refractivity contribution is 5.97. The van der Waals surface area contributed by atoms with Crippen molar-refractivity contribution in [3.8, 4) is 5.75 Å². The van der Waals surface area contributed by atoms with Crippen LogP contribution in [-0.2, 0) is 9.59 Å². The number of piperazine rings is 1. The molecule has 3 fully saturated rings. The quantitative estimate of drug-likeness (QED) is 0.711. The van der Waals surface area contributed by atoms with E-state index in [-0.39, 0.29) is 40.9 Å². The number of carbonyl (C=O) groups is 3. The number of nitrogens with zero attached hydrogens (tertiary/aromatic N) is 3. The Hall–Kier alpha value is -2.71. The van der Waals surface area contributed by atoms with Crippen LogP contribution in [-0.4, -0.2) is 78.3 Å². The van der Waals surface area contributed by atoms with Gasteiger partial charge in [-0.3, -0.25) is 14.4 Å². The average Bonchev–Trinajstić information content (AvgIpc) is 3.63. The van der Waals surface area contributed by atoms with Crippen LogP contribution in [0.25, 0.3) is 0 Å². The van der Waals surface area contributed by atoms with Gasteiger partial charge in [0.25, 0.3) is 5.91 Å². The largest absolute Gasteiger partial charge is 0.434 e. The van der Waals surface area contributed by atoms with Gasteiger partial charge in [-0.15, -0.1) is 0 Å². The van der Waals surface area contributed by atoms with Gasteiger partial charge in [-0.1, -0.05) is 12.1 Å². The van der Waals surface area contributed by atoms with E-state index in [9.17, 15) is 23.2 Å². The highest BCUT2D eigenvalue weighted by atomic mass is 19.3. The molecule has 0 atom stereocenters. The highest BCUT2D eigenvalue weighted by Crippen LogP contribution is 2.32. The lowest BCUT2D eigenvalue weighted by Crippen LogP contribution is -2.53. The number of carbonyl (C=O) groups excluding carboxylic acids is 3. The number of ether oxygens (including phenoxy) is 1. The van der Waals surface area contributed by atoms with E-state index in [0.29, 0.717) is 52.1 Å². The number of amides is 3. The van der Waals surface area contributed by atoms with E-state index in [1.165, 1.54) is 18.2 Å². The summed E-state index contributed by atoms with van der Waals surface area (Å²) >= 11 is 0. The summed E-state index contributed by atoms with van der Waals surface area (Å²) < 4.78 is 29.7. The van der Waals surface area contributed by atoms with E-state index >= 15 is 0 Å². The minimum atomic E-state index is -3.01. The van der Waals surface area contributed by atoms with Crippen LogP contribution >= 0.6 is 0 Å². The van der Waals surface area contributed by atoms with E-state index in [1.54, 1.807) is 15.9 Å². The first-order valence-electron chi connectivity index (χ1n) is 10.8. The zero-order valence-corrected chi connectivity index (χ0v) is 17.3. The molecule has 3 amide bonds. The van der Waals surface area contributed by atoms with Crippen molar-refractivity contribution in [1.29, 1.82) is 0 Å². The van der Waals surface area contributed by atoms with Crippen molar-refractivity contribution in [3.63, 3.8) is 0 Å². The zero-order chi connectivity index (χ0) is 22.0. The number of hydrogen-bond acceptors (Lipinski definition) is 4. The van der Waals surface area contributed by atoms with Crippen molar-refractivity contribution in [1.82, 2.24) is 14.7 Å². The SMILES string of the molecule is O=C(c1ccccc1OC(F)F)N1CCN(C(=O)C2CCN(C(=O)C3CC3)CC2)CC1. The predicted octanol–water partition coefficient (Wildman–Crippen LogP) is 2.22. The third kappa shape index (κ3) is 4.97. The van der Waals surface area contributed by atoms with Crippen molar-refractivity contribution in [3.05, 3.63) is 29.8 Å². The van der Waals surface area contributed by atoms with Gasteiger partial charge in [-0.2, -0.15) is 8.78 Å². The van der Waals surface area contributed by atoms with Crippen LogP contribution in [0.4, 0.5) is 8.78 Å². The lowest BCUT2D eigenvalue weighted by molar-refractivity contribution is -0.142. The second-order valence-electron chi connectivity index (χ2n) is 8.37. The molecule has 0 radical (unpaired) electrons. The third-order valence-electron chi connectivity index (χ3n) is 6.29. The number of likely N-dealkylation sites (tertiary alicyclic amines) is 1. The predicted molar refractivity (Wildman–Crippen MR) is 108 cm³/mol. The maximum absolute atomic E-state index is 12.9. The molecule has 1 aliphatic carbocycles. The summed E-state index contributed by atoms with van der Waals surface area (Å²) in [5, 5.41) is 0. The van der Waals surface area contributed by atoms with Crippen molar-refractivity contribution in [2.75, 3.05) is 39.3 Å². The molecule has 2 aliphatic heterocycles. The first-order chi connectivity index (χ1) is 14.9. The Morgan fingerprint density at radius 2 is 1.29 bits per heavy atom. The summed E-state index contributed by atoms with van der Waals surface area (Å²) in [7, 11) is 0. The van der Waals surface area contributed by atoms with Gasteiger partial charge in [-0.25, -0.2) is 0 Å². The molecule has 1 saturated carbocycles. The van der Waals surface area contributed by atoms with Crippen LogP contribution in [0.1, 0.15) is 36.0 Å². The maximum Gasteiger partial charge on any atom is 0.387 e. The molecule has 0 aromatic heterocycles. The Morgan fingerprint density at radius 1 is 0.774 bits per heavy atom. The molecular weight excluding hydrogens is 408 g/mol. The molecule has 0 spiro atoms. The summed E-state index contributed by atoms with van der Waals surface area (Å²) in [5.41, 5.74) is 0.0929. The molecule has 3 aliphatic rings. The van der Waals surface area contributed by atoms with E-state index < -0.39 is 6.61 Å². The number of rotatable bonds is 5. The average molecular weight is 435 g/mol. The fourth-order valence-electron chi connectivity index (χ4n) is 4.34. The smallest absolute Gasteiger partial charge is 0.387 e. The molecule has 4 rings (SSSR count). The number of piperidine rings is 1. The van der Waals surface area contributed by atoms with Gasteiger partial charge in [-0.05, 0) is 37.8 Å². The van der Waals surface area contributed by atoms with Gasteiger partial charge in [0.15, 0.2) is 0 Å². The molecule has 0 bridgehead atoms. The standard InChI is InChI=1S/C22H27F2N3O4/c23-22(24)31-18-4-2-1-3-17(18)21(30)27-13-11-26(12-14-27)20(29)16-7-9-25(10-8-16)19(28)15-5-6-15/h1-4,15-16,22H,5-14H2. The molecule has 2 saturated heterocycles. The molecule has 1 aromatic carbocycles. The van der Waals surface area contributed by atoms with Crippen LogP contribution in [0, 0.1) is 11.8 Å². The summed E-state index contributed by atoms with van der Waals surface area (Å²) in [4.78, 5) is 43.1. The maximum atomic E-state index is 12.9. The third-order valence-corrected chi connectivity index (χ3v) is 6.29. The summed E-state index contributed by atoms with van der Waals surface area (Å²) in [5.74, 6) is -0.107. The summed E-state index contributed by atoms with van der Waals surface area (Å²) in [6.07, 6.45) is 3.32. The number of halogens is 2. The Bertz CT molecular complexity index is 830. The summed E-state index contributed by atoms with van der Waals surface area (Å²) in [6, 6.07) is 5.95. The molecule has 31 heavy (non-hydrogen) atoms. The Labute approximate surface area is 179 Å². The van der Waals surface area contributed by atoms with Crippen molar-refractivity contribution >= 4 is 17.7 Å². The Kier molecular flexibility index (Phi) is 6.38. The first kappa shape index (κ1) is 21.5. The Morgan fingerprint density at radius 3 is 1.87 bits per heavy atom. The highest BCUT2D eigenvalue weighted by Gasteiger charge is 2.37. The number of benzene rings is 1. The second kappa shape index (κ2) is 9.20. The number of para-hydroxylation sites is 1. The monoisotopic (exact) mass is 435 g/mol. The molecular formula is C22H27F2N3O4. The first-order valence-corrected chi connectivity index (χ1v) is 10.8. The van der Waals surface area contributed by atoms with Crippen LogP contribution in [0.2, 0.25) is 0 Å². The van der Waals surface area contributed by atoms with E-state index in [1.807, 2.05) is 4.90 Å². The normalized spacial score (nSPS) is 20.2. The second-order valence-corrected chi connectivity index (χ2v) is 8.37. The fourth-order valence-corrected chi connectivity index (χ4v) is 4.34. The van der Waals surface area contributed by atoms with Gasteiger partial charge in [0.05, 0.1) is 5.56 Å². The molecule has 9 heteroatoms. The van der Waals surface area contributed by atoms with Gasteiger partial charge < -0.3 is 19.4 Å². The van der Waals surface area contributed by atoms with Gasteiger partial charge in [0.1, 0.15) is 5.75 Å². The van der Waals surface area contributed by atoms with Gasteiger partial charge >= 0.3 is 6.61 Å². The van der Waals surface area contributed by atoms with Gasteiger partial charge in [0, 0.05) is 51.1 Å². The topological polar surface area (TPSA) is 70.2 Å². The molecule has 168 valence electrons. The molecule has 1 aromatic rings. The minimum Gasteiger partial charge on any atom is -0.434 e. The number of alkyl halides is 2. The lowest BCUT2D eigenvalue weighted by Gasteiger charge is -2.38. The zero-order valence-electron chi connectivity index (χ0n) is 17.3. The van der Waals surface area contributed by atoms with E-state index in [0.717, 1.165) is 12.8 Å². The lowest BCUT2D eigenvalue weighted by atomic mass is 9.94. The van der Waals surface area contributed by atoms with E-state index in [2.05, 4.69) is 4.74 Å².